The van der Waals surface area contributed by atoms with Gasteiger partial charge >= 0.3 is 5.96 Å². The zero-order valence-corrected chi connectivity index (χ0v) is 6.68. The summed E-state index contributed by atoms with van der Waals surface area (Å²) in [5.41, 5.74) is 8.56. The summed E-state index contributed by atoms with van der Waals surface area (Å²) >= 11 is 0. The molecule has 1 heterocycles. The van der Waals surface area contributed by atoms with Crippen molar-refractivity contribution < 1.29 is 15.2 Å². The van der Waals surface area contributed by atoms with Crippen LogP contribution in [0, 0.1) is 0 Å². The van der Waals surface area contributed by atoms with E-state index in [9.17, 15) is 10.4 Å². The molecule has 6 nitrogen and oxygen atoms in total. The van der Waals surface area contributed by atoms with Crippen LogP contribution in [0.25, 0.3) is 0 Å². The lowest BCUT2D eigenvalue weighted by Gasteiger charge is -2.20. The summed E-state index contributed by atoms with van der Waals surface area (Å²) in [6, 6.07) is 6.73. The van der Waals surface area contributed by atoms with Gasteiger partial charge in [0, 0.05) is 0 Å². The van der Waals surface area contributed by atoms with Crippen molar-refractivity contribution in [2.45, 2.75) is 0 Å². The molecule has 0 fully saturated rings. The Hall–Kier alpha value is -1.95. The van der Waals surface area contributed by atoms with Crippen LogP contribution in [-0.4, -0.2) is 21.1 Å². The second kappa shape index (κ2) is 2.53. The fraction of sp³-hybridized carbons (Fsp3) is 0. The third-order valence-electron chi connectivity index (χ3n) is 1.79. The van der Waals surface area contributed by atoms with Gasteiger partial charge in [-0.25, -0.2) is 0 Å². The van der Waals surface area contributed by atoms with Crippen molar-refractivity contribution in [3.63, 3.8) is 0 Å². The lowest BCUT2D eigenvalue weighted by Crippen LogP contribution is -2.51. The van der Waals surface area contributed by atoms with Crippen LogP contribution in [0.1, 0.15) is 0 Å². The number of rotatable bonds is 0. The highest BCUT2D eigenvalue weighted by Gasteiger charge is 2.25. The monoisotopic (exact) mass is 181 g/mol. The molecule has 1 aliphatic heterocycles. The average Bonchev–Trinajstić information content (AvgIpc) is 2.15. The first-order valence-electron chi connectivity index (χ1n) is 3.66. The molecule has 2 rings (SSSR count). The zero-order chi connectivity index (χ0) is 9.42. The van der Waals surface area contributed by atoms with Crippen molar-refractivity contribution >= 4 is 17.3 Å². The molecule has 68 valence electrons. The Morgan fingerprint density at radius 2 is 2.08 bits per heavy atom. The van der Waals surface area contributed by atoms with Gasteiger partial charge in [-0.15, -0.1) is 5.17 Å². The maximum absolute atomic E-state index is 9.42. The number of nitrogens with zero attached hydrogens (tertiary/aromatic N) is 2. The Balaban J connectivity index is 2.62. The van der Waals surface area contributed by atoms with Crippen LogP contribution in [0.2, 0.25) is 0 Å². The van der Waals surface area contributed by atoms with Crippen molar-refractivity contribution in [3.8, 4) is 0 Å². The van der Waals surface area contributed by atoms with E-state index in [0.29, 0.717) is 11.4 Å². The van der Waals surface area contributed by atoms with Gasteiger partial charge in [0.25, 0.3) is 0 Å². The third kappa shape index (κ3) is 1.04. The molecular weight excluding hydrogens is 172 g/mol. The second-order valence-electron chi connectivity index (χ2n) is 2.61. The number of nitrogens with two attached hydrogens (primary N) is 1. The fourth-order valence-electron chi connectivity index (χ4n) is 1.17. The summed E-state index contributed by atoms with van der Waals surface area (Å²) < 4.78 is 0.766. The Labute approximate surface area is 74.0 Å². The van der Waals surface area contributed by atoms with E-state index in [2.05, 4.69) is 5.43 Å². The number of hydrogen-bond acceptors (Lipinski definition) is 5. The van der Waals surface area contributed by atoms with Crippen LogP contribution in [0.5, 0.6) is 0 Å². The number of para-hydroxylation sites is 2. The molecule has 5 N–H and O–H groups in total. The van der Waals surface area contributed by atoms with Gasteiger partial charge in [0.1, 0.15) is 5.69 Å². The highest BCUT2D eigenvalue weighted by Crippen LogP contribution is 2.26. The molecule has 0 aliphatic carbocycles. The van der Waals surface area contributed by atoms with Crippen LogP contribution >= 0.6 is 0 Å². The summed E-state index contributed by atoms with van der Waals surface area (Å²) in [6.07, 6.45) is 0. The highest BCUT2D eigenvalue weighted by molar-refractivity contribution is 5.80. The molecule has 13 heavy (non-hydrogen) atoms. The molecule has 0 saturated heterocycles. The van der Waals surface area contributed by atoms with Crippen LogP contribution in [0.3, 0.4) is 0 Å². The van der Waals surface area contributed by atoms with Gasteiger partial charge in [0.15, 0.2) is 5.69 Å². The van der Waals surface area contributed by atoms with E-state index in [0.717, 1.165) is 9.91 Å². The molecule has 1 aromatic carbocycles. The van der Waals surface area contributed by atoms with E-state index >= 15 is 0 Å². The molecule has 0 bridgehead atoms. The Morgan fingerprint density at radius 3 is 2.85 bits per heavy atom. The maximum atomic E-state index is 9.42. The number of hydrazine groups is 1. The van der Waals surface area contributed by atoms with E-state index in [1.807, 2.05) is 0 Å². The van der Waals surface area contributed by atoms with Crippen molar-refractivity contribution in [2.24, 2.45) is 5.73 Å². The first kappa shape index (κ1) is 7.69. The van der Waals surface area contributed by atoms with Gasteiger partial charge in [-0.2, -0.15) is 5.43 Å². The number of benzene rings is 1. The third-order valence-corrected chi connectivity index (χ3v) is 1.79. The molecule has 0 unspecified atom stereocenters. The molecule has 1 aromatic rings. The number of nitrogens with one attached hydrogen (secondary N) is 1. The predicted molar refractivity (Wildman–Crippen MR) is 44.7 cm³/mol. The van der Waals surface area contributed by atoms with Crippen LogP contribution in [0.15, 0.2) is 24.3 Å². The van der Waals surface area contributed by atoms with Crippen LogP contribution in [-0.2, 0) is 0 Å². The first-order valence-corrected chi connectivity index (χ1v) is 3.66. The number of hydrogen-bond donors (Lipinski definition) is 4. The maximum Gasteiger partial charge on any atom is 0.409 e. The fourth-order valence-corrected chi connectivity index (χ4v) is 1.17. The van der Waals surface area contributed by atoms with Gasteiger partial charge in [-0.3, -0.25) is 10.9 Å². The van der Waals surface area contributed by atoms with E-state index in [1.165, 1.54) is 0 Å². The van der Waals surface area contributed by atoms with E-state index in [1.54, 1.807) is 24.3 Å². The number of fused-ring (bicyclic) bond motifs is 1. The molecule has 0 saturated carbocycles. The standard InChI is InChI=1S/C7H8N4O2/c8-7-9-11(13)6-4-2-1-3-5(6)10(7)12/h1-4,12-13H,(H2,8,9)/p+1. The van der Waals surface area contributed by atoms with Gasteiger partial charge in [0.05, 0.1) is 0 Å². The Morgan fingerprint density at radius 1 is 1.38 bits per heavy atom. The highest BCUT2D eigenvalue weighted by atomic mass is 16.5. The summed E-state index contributed by atoms with van der Waals surface area (Å²) in [5.74, 6) is -0.0544. The smallest absolute Gasteiger partial charge is 0.371 e. The van der Waals surface area contributed by atoms with Gasteiger partial charge < -0.3 is 5.21 Å². The normalized spacial score (nSPS) is 15.3. The summed E-state index contributed by atoms with van der Waals surface area (Å²) in [4.78, 5) is 0. The second-order valence-corrected chi connectivity index (χ2v) is 2.61. The summed E-state index contributed by atoms with van der Waals surface area (Å²) in [5, 5.41) is 19.5. The molecule has 6 heteroatoms. The van der Waals surface area contributed by atoms with Gasteiger partial charge in [0.2, 0.25) is 0 Å². The average molecular weight is 181 g/mol. The van der Waals surface area contributed by atoms with Gasteiger partial charge in [-0.05, 0) is 12.1 Å². The van der Waals surface area contributed by atoms with Crippen LogP contribution < -0.4 is 16.3 Å². The zero-order valence-electron chi connectivity index (χ0n) is 6.68. The SMILES string of the molecule is NC1=[N+](O)c2ccccc2N(O)N1. The largest absolute Gasteiger partial charge is 0.409 e. The summed E-state index contributed by atoms with van der Waals surface area (Å²) in [6.45, 7) is 0. The van der Waals surface area contributed by atoms with Crippen molar-refractivity contribution in [2.75, 3.05) is 5.17 Å². The number of guanidine groups is 1. The molecule has 0 spiro atoms. The molecule has 0 aromatic heterocycles. The number of anilines is 1. The van der Waals surface area contributed by atoms with E-state index in [4.69, 9.17) is 5.73 Å². The van der Waals surface area contributed by atoms with Crippen molar-refractivity contribution in [1.82, 2.24) is 5.43 Å². The minimum Gasteiger partial charge on any atom is -0.371 e. The van der Waals surface area contributed by atoms with Crippen LogP contribution in [0.4, 0.5) is 11.4 Å². The quantitative estimate of drug-likeness (QED) is 0.327. The van der Waals surface area contributed by atoms with E-state index in [-0.39, 0.29) is 5.96 Å². The predicted octanol–water partition coefficient (Wildman–Crippen LogP) is -0.252. The molecule has 0 amide bonds. The van der Waals surface area contributed by atoms with Crippen molar-refractivity contribution in [1.29, 1.82) is 0 Å². The first-order chi connectivity index (χ1) is 6.20. The Kier molecular flexibility index (Phi) is 1.49. The lowest BCUT2D eigenvalue weighted by molar-refractivity contribution is -0.715. The lowest BCUT2D eigenvalue weighted by atomic mass is 10.2. The molecule has 1 aliphatic rings. The van der Waals surface area contributed by atoms with Crippen molar-refractivity contribution in [3.05, 3.63) is 24.3 Å². The summed E-state index contributed by atoms with van der Waals surface area (Å²) in [7, 11) is 0. The topological polar surface area (TPSA) is 84.8 Å². The molecule has 0 radical (unpaired) electrons. The minimum atomic E-state index is -0.0544. The molecular formula is C7H9N4O2+. The van der Waals surface area contributed by atoms with E-state index < -0.39 is 0 Å². The minimum absolute atomic E-state index is 0.0544. The Bertz CT molecular complexity index is 377. The molecule has 0 atom stereocenters. The van der Waals surface area contributed by atoms with Gasteiger partial charge in [-0.1, -0.05) is 16.9 Å².